The fraction of sp³-hybridized carbons (Fsp3) is 0.217. The van der Waals surface area contributed by atoms with Crippen molar-refractivity contribution in [1.82, 2.24) is 4.90 Å². The number of carbonyl (C=O) groups excluding carboxylic acids is 2. The Bertz CT molecular complexity index is 885. The second-order valence-electron chi connectivity index (χ2n) is 6.50. The lowest BCUT2D eigenvalue weighted by molar-refractivity contribution is -0.134. The van der Waals surface area contributed by atoms with Crippen LogP contribution in [0.25, 0.3) is 0 Å². The minimum absolute atomic E-state index is 0.0228. The van der Waals surface area contributed by atoms with Gasteiger partial charge in [0.05, 0.1) is 20.3 Å². The molecule has 5 heteroatoms. The van der Waals surface area contributed by atoms with E-state index in [1.54, 1.807) is 19.3 Å². The number of allylic oxidation sites excluding steroid dienone is 2. The van der Waals surface area contributed by atoms with Gasteiger partial charge in [-0.25, -0.2) is 4.79 Å². The van der Waals surface area contributed by atoms with Crippen LogP contribution >= 0.6 is 0 Å². The summed E-state index contributed by atoms with van der Waals surface area (Å²) in [5, 5.41) is 0. The van der Waals surface area contributed by atoms with Crippen LogP contribution in [0.3, 0.4) is 0 Å². The van der Waals surface area contributed by atoms with Crippen LogP contribution in [0.1, 0.15) is 23.6 Å². The van der Waals surface area contributed by atoms with Gasteiger partial charge < -0.3 is 14.4 Å². The van der Waals surface area contributed by atoms with E-state index >= 15 is 0 Å². The molecular formula is C23H23NO4. The van der Waals surface area contributed by atoms with Crippen LogP contribution in [0.5, 0.6) is 5.75 Å². The zero-order valence-electron chi connectivity index (χ0n) is 16.0. The number of ketones is 1. The van der Waals surface area contributed by atoms with E-state index in [-0.39, 0.29) is 11.8 Å². The predicted molar refractivity (Wildman–Crippen MR) is 107 cm³/mol. The molecule has 0 aromatic heterocycles. The highest BCUT2D eigenvalue weighted by molar-refractivity contribution is 5.92. The number of hydrogen-bond donors (Lipinski definition) is 0. The Labute approximate surface area is 164 Å². The van der Waals surface area contributed by atoms with Gasteiger partial charge in [-0.1, -0.05) is 42.5 Å². The normalized spacial score (nSPS) is 16.8. The van der Waals surface area contributed by atoms with Gasteiger partial charge in [-0.3, -0.25) is 4.79 Å². The topological polar surface area (TPSA) is 55.8 Å². The van der Waals surface area contributed by atoms with Crippen LogP contribution < -0.4 is 4.74 Å². The quantitative estimate of drug-likeness (QED) is 0.566. The van der Waals surface area contributed by atoms with Gasteiger partial charge in [0.15, 0.2) is 5.78 Å². The average molecular weight is 377 g/mol. The molecular weight excluding hydrogens is 354 g/mol. The summed E-state index contributed by atoms with van der Waals surface area (Å²) in [6, 6.07) is 17.6. The third-order valence-corrected chi connectivity index (χ3v) is 4.70. The number of carbonyl (C=O) groups is 2. The lowest BCUT2D eigenvalue weighted by atomic mass is 9.94. The molecule has 28 heavy (non-hydrogen) atoms. The average Bonchev–Trinajstić information content (AvgIpc) is 2.74. The van der Waals surface area contributed by atoms with Crippen molar-refractivity contribution in [2.45, 2.75) is 19.0 Å². The third kappa shape index (κ3) is 4.68. The number of ether oxygens (including phenoxy) is 2. The summed E-state index contributed by atoms with van der Waals surface area (Å²) in [5.41, 5.74) is 2.82. The van der Waals surface area contributed by atoms with E-state index in [1.165, 1.54) is 13.2 Å². The Morgan fingerprint density at radius 3 is 2.46 bits per heavy atom. The van der Waals surface area contributed by atoms with Crippen LogP contribution in [-0.2, 0) is 20.9 Å². The summed E-state index contributed by atoms with van der Waals surface area (Å²) < 4.78 is 9.93. The van der Waals surface area contributed by atoms with Crippen LogP contribution in [0.4, 0.5) is 0 Å². The smallest absolute Gasteiger partial charge is 0.330 e. The van der Waals surface area contributed by atoms with Crippen molar-refractivity contribution in [2.24, 2.45) is 0 Å². The highest BCUT2D eigenvalue weighted by atomic mass is 16.5. The van der Waals surface area contributed by atoms with Gasteiger partial charge >= 0.3 is 5.97 Å². The molecule has 1 atom stereocenters. The van der Waals surface area contributed by atoms with Gasteiger partial charge in [-0.15, -0.1) is 0 Å². The van der Waals surface area contributed by atoms with Gasteiger partial charge in [0.1, 0.15) is 5.75 Å². The molecule has 0 saturated carbocycles. The molecule has 0 fully saturated rings. The molecule has 0 amide bonds. The lowest BCUT2D eigenvalue weighted by Crippen LogP contribution is -2.32. The highest BCUT2D eigenvalue weighted by Crippen LogP contribution is 2.35. The molecule has 1 aliphatic heterocycles. The predicted octanol–water partition coefficient (Wildman–Crippen LogP) is 3.82. The molecule has 0 saturated heterocycles. The fourth-order valence-corrected chi connectivity index (χ4v) is 3.26. The number of benzene rings is 2. The summed E-state index contributed by atoms with van der Waals surface area (Å²) in [6.07, 6.45) is 4.94. The van der Waals surface area contributed by atoms with Gasteiger partial charge in [0.2, 0.25) is 0 Å². The van der Waals surface area contributed by atoms with Crippen LogP contribution in [0, 0.1) is 0 Å². The van der Waals surface area contributed by atoms with E-state index in [9.17, 15) is 9.59 Å². The van der Waals surface area contributed by atoms with Crippen molar-refractivity contribution >= 4 is 11.8 Å². The highest BCUT2D eigenvalue weighted by Gasteiger charge is 2.28. The molecule has 5 nitrogen and oxygen atoms in total. The molecule has 144 valence electrons. The first kappa shape index (κ1) is 19.4. The molecule has 2 aromatic carbocycles. The van der Waals surface area contributed by atoms with E-state index in [0.29, 0.717) is 18.7 Å². The number of hydrogen-bond acceptors (Lipinski definition) is 5. The minimum atomic E-state index is -0.459. The van der Waals surface area contributed by atoms with E-state index < -0.39 is 5.97 Å². The molecule has 1 unspecified atom stereocenters. The van der Waals surface area contributed by atoms with Gasteiger partial charge in [-0.05, 0) is 29.3 Å². The number of nitrogens with zero attached hydrogens (tertiary/aromatic N) is 1. The second kappa shape index (κ2) is 9.04. The van der Waals surface area contributed by atoms with Gasteiger partial charge in [0, 0.05) is 30.8 Å². The van der Waals surface area contributed by atoms with E-state index in [0.717, 1.165) is 16.9 Å². The zero-order valence-corrected chi connectivity index (χ0v) is 16.0. The van der Waals surface area contributed by atoms with Crippen molar-refractivity contribution in [2.75, 3.05) is 14.2 Å². The minimum Gasteiger partial charge on any atom is -0.497 e. The number of methoxy groups -OCH3 is 2. The van der Waals surface area contributed by atoms with Crippen molar-refractivity contribution in [3.05, 3.63) is 89.6 Å². The Hall–Kier alpha value is -3.34. The molecule has 1 aliphatic rings. The number of rotatable bonds is 6. The van der Waals surface area contributed by atoms with Crippen LogP contribution in [-0.4, -0.2) is 30.9 Å². The first-order valence-corrected chi connectivity index (χ1v) is 9.06. The van der Waals surface area contributed by atoms with Gasteiger partial charge in [0.25, 0.3) is 0 Å². The van der Waals surface area contributed by atoms with Crippen molar-refractivity contribution in [1.29, 1.82) is 0 Å². The molecule has 0 bridgehead atoms. The molecule has 0 aliphatic carbocycles. The fourth-order valence-electron chi connectivity index (χ4n) is 3.26. The summed E-state index contributed by atoms with van der Waals surface area (Å²) in [4.78, 5) is 26.1. The summed E-state index contributed by atoms with van der Waals surface area (Å²) >= 11 is 0. The lowest BCUT2D eigenvalue weighted by Gasteiger charge is -2.37. The largest absolute Gasteiger partial charge is 0.497 e. The zero-order chi connectivity index (χ0) is 19.9. The molecule has 1 heterocycles. The summed E-state index contributed by atoms with van der Waals surface area (Å²) in [5.74, 6) is 0.330. The molecule has 3 rings (SSSR count). The van der Waals surface area contributed by atoms with Crippen molar-refractivity contribution in [3.8, 4) is 5.75 Å². The van der Waals surface area contributed by atoms with E-state index in [4.69, 9.17) is 4.74 Å². The summed E-state index contributed by atoms with van der Waals surface area (Å²) in [7, 11) is 2.95. The molecule has 0 spiro atoms. The third-order valence-electron chi connectivity index (χ3n) is 4.70. The maximum absolute atomic E-state index is 12.4. The van der Waals surface area contributed by atoms with Crippen LogP contribution in [0.15, 0.2) is 78.5 Å². The Kier molecular flexibility index (Phi) is 6.27. The van der Waals surface area contributed by atoms with Crippen LogP contribution in [0.2, 0.25) is 0 Å². The number of esters is 1. The monoisotopic (exact) mass is 377 g/mol. The summed E-state index contributed by atoms with van der Waals surface area (Å²) in [6.45, 7) is 0.613. The van der Waals surface area contributed by atoms with E-state index in [1.807, 2.05) is 54.6 Å². The Morgan fingerprint density at radius 2 is 1.82 bits per heavy atom. The first-order valence-electron chi connectivity index (χ1n) is 9.06. The second-order valence-corrected chi connectivity index (χ2v) is 6.50. The Morgan fingerprint density at radius 1 is 1.11 bits per heavy atom. The van der Waals surface area contributed by atoms with E-state index in [2.05, 4.69) is 9.64 Å². The van der Waals surface area contributed by atoms with Crippen molar-refractivity contribution < 1.29 is 19.1 Å². The van der Waals surface area contributed by atoms with Gasteiger partial charge in [-0.2, -0.15) is 0 Å². The maximum atomic E-state index is 12.4. The standard InChI is InChI=1S/C23H23NO4/c1-27-21-11-8-18(9-12-21)22-15-20(25)14-19(10-13-23(26)28-2)24(22)16-17-6-4-3-5-7-17/h3-14,22H,15-16H2,1-2H3/b13-10+. The van der Waals surface area contributed by atoms with Crippen molar-refractivity contribution in [3.63, 3.8) is 0 Å². The molecule has 0 radical (unpaired) electrons. The maximum Gasteiger partial charge on any atom is 0.330 e. The molecule has 0 N–H and O–H groups in total. The Balaban J connectivity index is 1.98. The molecule has 2 aromatic rings. The SMILES string of the molecule is COC(=O)/C=C/C1=CC(=O)CC(c2ccc(OC)cc2)N1Cc1ccccc1. The first-order chi connectivity index (χ1) is 13.6.